The zero-order valence-corrected chi connectivity index (χ0v) is 11.1. The average Bonchev–Trinajstić information content (AvgIpc) is 2.27. The topological polar surface area (TPSA) is 32.3 Å². The van der Waals surface area contributed by atoms with Crippen LogP contribution in [-0.2, 0) is 4.79 Å². The van der Waals surface area contributed by atoms with Crippen LogP contribution in [0.1, 0.15) is 13.8 Å². The lowest BCUT2D eigenvalue weighted by Gasteiger charge is -2.24. The van der Waals surface area contributed by atoms with Crippen molar-refractivity contribution in [2.45, 2.75) is 13.8 Å². The molecule has 96 valence electrons. The first kappa shape index (κ1) is 14.0. The van der Waals surface area contributed by atoms with E-state index in [1.807, 2.05) is 37.3 Å². The van der Waals surface area contributed by atoms with E-state index in [2.05, 4.69) is 23.4 Å². The number of rotatable bonds is 6. The molecule has 0 saturated heterocycles. The molecular formula is C15H20N2O. The van der Waals surface area contributed by atoms with E-state index in [9.17, 15) is 4.79 Å². The SMILES string of the molecule is C=CCN(CC(=C)C)c1cccc(NC(C)=O)c1. The number of nitrogens with one attached hydrogen (secondary N) is 1. The van der Waals surface area contributed by atoms with Gasteiger partial charge in [-0.05, 0) is 25.1 Å². The van der Waals surface area contributed by atoms with E-state index in [1.165, 1.54) is 6.92 Å². The molecule has 0 bridgehead atoms. The second-order valence-corrected chi connectivity index (χ2v) is 4.36. The van der Waals surface area contributed by atoms with Crippen molar-refractivity contribution in [2.24, 2.45) is 0 Å². The maximum absolute atomic E-state index is 11.0. The van der Waals surface area contributed by atoms with Gasteiger partial charge in [0.05, 0.1) is 0 Å². The van der Waals surface area contributed by atoms with Gasteiger partial charge in [0.2, 0.25) is 5.91 Å². The van der Waals surface area contributed by atoms with Crippen LogP contribution in [0.15, 0.2) is 49.1 Å². The molecule has 1 N–H and O–H groups in total. The first-order valence-corrected chi connectivity index (χ1v) is 5.91. The lowest BCUT2D eigenvalue weighted by molar-refractivity contribution is -0.114. The quantitative estimate of drug-likeness (QED) is 0.779. The molecule has 3 nitrogen and oxygen atoms in total. The second-order valence-electron chi connectivity index (χ2n) is 4.36. The number of carbonyl (C=O) groups is 1. The van der Waals surface area contributed by atoms with E-state index in [4.69, 9.17) is 0 Å². The number of amides is 1. The van der Waals surface area contributed by atoms with Crippen molar-refractivity contribution in [1.82, 2.24) is 0 Å². The van der Waals surface area contributed by atoms with Crippen molar-refractivity contribution in [3.05, 3.63) is 49.1 Å². The molecule has 0 aliphatic heterocycles. The number of anilines is 2. The lowest BCUT2D eigenvalue weighted by atomic mass is 10.2. The third-order valence-electron chi connectivity index (χ3n) is 2.34. The van der Waals surface area contributed by atoms with E-state index in [0.717, 1.165) is 30.0 Å². The molecule has 3 heteroatoms. The molecule has 0 atom stereocenters. The monoisotopic (exact) mass is 244 g/mol. The predicted octanol–water partition coefficient (Wildman–Crippen LogP) is 3.21. The molecule has 0 spiro atoms. The Labute approximate surface area is 109 Å². The Balaban J connectivity index is 2.93. The van der Waals surface area contributed by atoms with Gasteiger partial charge in [0.25, 0.3) is 0 Å². The number of nitrogens with zero attached hydrogens (tertiary/aromatic N) is 1. The van der Waals surface area contributed by atoms with Gasteiger partial charge in [0.15, 0.2) is 0 Å². The summed E-state index contributed by atoms with van der Waals surface area (Å²) in [5, 5.41) is 2.78. The van der Waals surface area contributed by atoms with Crippen molar-refractivity contribution in [1.29, 1.82) is 0 Å². The summed E-state index contributed by atoms with van der Waals surface area (Å²) in [5.74, 6) is -0.0673. The summed E-state index contributed by atoms with van der Waals surface area (Å²) >= 11 is 0. The number of hydrogen-bond acceptors (Lipinski definition) is 2. The molecule has 0 unspecified atom stereocenters. The molecule has 0 aliphatic rings. The standard InChI is InChI=1S/C15H20N2O/c1-5-9-17(11-12(2)3)15-8-6-7-14(10-15)16-13(4)18/h5-8,10H,1-2,9,11H2,3-4H3,(H,16,18). The highest BCUT2D eigenvalue weighted by Crippen LogP contribution is 2.20. The summed E-state index contributed by atoms with van der Waals surface area (Å²) in [7, 11) is 0. The second kappa shape index (κ2) is 6.64. The summed E-state index contributed by atoms with van der Waals surface area (Å²) < 4.78 is 0. The Hall–Kier alpha value is -2.03. The van der Waals surface area contributed by atoms with E-state index >= 15 is 0 Å². The molecule has 0 fully saturated rings. The molecule has 1 aromatic carbocycles. The molecule has 18 heavy (non-hydrogen) atoms. The highest BCUT2D eigenvalue weighted by Gasteiger charge is 2.06. The van der Waals surface area contributed by atoms with E-state index in [1.54, 1.807) is 0 Å². The molecule has 0 radical (unpaired) electrons. The Morgan fingerprint density at radius 3 is 2.72 bits per heavy atom. The normalized spacial score (nSPS) is 9.67. The first-order chi connectivity index (χ1) is 8.52. The average molecular weight is 244 g/mol. The van der Waals surface area contributed by atoms with Crippen LogP contribution in [-0.4, -0.2) is 19.0 Å². The van der Waals surface area contributed by atoms with Crippen LogP contribution in [0.5, 0.6) is 0 Å². The minimum atomic E-state index is -0.0673. The minimum absolute atomic E-state index is 0.0673. The van der Waals surface area contributed by atoms with Crippen LogP contribution in [0.25, 0.3) is 0 Å². The Morgan fingerprint density at radius 1 is 1.44 bits per heavy atom. The Bertz CT molecular complexity index is 452. The third-order valence-corrected chi connectivity index (χ3v) is 2.34. The lowest BCUT2D eigenvalue weighted by Crippen LogP contribution is -2.25. The van der Waals surface area contributed by atoms with E-state index in [0.29, 0.717) is 0 Å². The van der Waals surface area contributed by atoms with Crippen molar-refractivity contribution in [3.8, 4) is 0 Å². The molecule has 0 heterocycles. The fraction of sp³-hybridized carbons (Fsp3) is 0.267. The van der Waals surface area contributed by atoms with Crippen LogP contribution in [0.2, 0.25) is 0 Å². The van der Waals surface area contributed by atoms with E-state index < -0.39 is 0 Å². The van der Waals surface area contributed by atoms with Crippen LogP contribution >= 0.6 is 0 Å². The predicted molar refractivity (Wildman–Crippen MR) is 78.0 cm³/mol. The van der Waals surface area contributed by atoms with Gasteiger partial charge in [0, 0.05) is 31.4 Å². The van der Waals surface area contributed by atoms with Crippen molar-refractivity contribution < 1.29 is 4.79 Å². The van der Waals surface area contributed by atoms with Gasteiger partial charge in [-0.1, -0.05) is 24.3 Å². The molecular weight excluding hydrogens is 224 g/mol. The van der Waals surface area contributed by atoms with Crippen LogP contribution < -0.4 is 10.2 Å². The summed E-state index contributed by atoms with van der Waals surface area (Å²) in [6.45, 7) is 12.7. The number of carbonyl (C=O) groups excluding carboxylic acids is 1. The van der Waals surface area contributed by atoms with Gasteiger partial charge in [-0.25, -0.2) is 0 Å². The highest BCUT2D eigenvalue weighted by atomic mass is 16.1. The minimum Gasteiger partial charge on any atom is -0.364 e. The highest BCUT2D eigenvalue weighted by molar-refractivity contribution is 5.89. The Morgan fingerprint density at radius 2 is 2.17 bits per heavy atom. The molecule has 0 aromatic heterocycles. The van der Waals surface area contributed by atoms with Gasteiger partial charge in [-0.3, -0.25) is 4.79 Å². The van der Waals surface area contributed by atoms with Crippen LogP contribution in [0.3, 0.4) is 0 Å². The fourth-order valence-electron chi connectivity index (χ4n) is 1.73. The molecule has 0 aliphatic carbocycles. The zero-order valence-electron chi connectivity index (χ0n) is 11.1. The zero-order chi connectivity index (χ0) is 13.5. The summed E-state index contributed by atoms with van der Waals surface area (Å²) in [5.41, 5.74) is 2.93. The maximum Gasteiger partial charge on any atom is 0.221 e. The molecule has 1 amide bonds. The van der Waals surface area contributed by atoms with Crippen molar-refractivity contribution in [2.75, 3.05) is 23.3 Å². The summed E-state index contributed by atoms with van der Waals surface area (Å²) in [6, 6.07) is 7.76. The summed E-state index contributed by atoms with van der Waals surface area (Å²) in [4.78, 5) is 13.2. The summed E-state index contributed by atoms with van der Waals surface area (Å²) in [6.07, 6.45) is 1.86. The fourth-order valence-corrected chi connectivity index (χ4v) is 1.73. The van der Waals surface area contributed by atoms with Gasteiger partial charge < -0.3 is 10.2 Å². The molecule has 0 saturated carbocycles. The Kier molecular flexibility index (Phi) is 5.18. The molecule has 1 rings (SSSR count). The third kappa shape index (κ3) is 4.45. The largest absolute Gasteiger partial charge is 0.364 e. The van der Waals surface area contributed by atoms with Gasteiger partial charge >= 0.3 is 0 Å². The maximum atomic E-state index is 11.0. The first-order valence-electron chi connectivity index (χ1n) is 5.91. The van der Waals surface area contributed by atoms with Gasteiger partial charge in [-0.2, -0.15) is 0 Å². The van der Waals surface area contributed by atoms with Gasteiger partial charge in [0.1, 0.15) is 0 Å². The van der Waals surface area contributed by atoms with E-state index in [-0.39, 0.29) is 5.91 Å². The number of hydrogen-bond donors (Lipinski definition) is 1. The van der Waals surface area contributed by atoms with Crippen LogP contribution in [0.4, 0.5) is 11.4 Å². The van der Waals surface area contributed by atoms with Gasteiger partial charge in [-0.15, -0.1) is 6.58 Å². The van der Waals surface area contributed by atoms with Crippen molar-refractivity contribution in [3.63, 3.8) is 0 Å². The number of benzene rings is 1. The van der Waals surface area contributed by atoms with Crippen molar-refractivity contribution >= 4 is 17.3 Å². The molecule has 1 aromatic rings. The smallest absolute Gasteiger partial charge is 0.221 e. The van der Waals surface area contributed by atoms with Crippen LogP contribution in [0, 0.1) is 0 Å².